The largest absolute Gasteiger partial charge is 0.458 e. The number of ether oxygens (including phenoxy) is 2. The SMILES string of the molecule is CC(C(=O)OC(C)(C)C)N1Cc2c(F)cc(-c3nc(NC4CCOCC4)ncc3Cl)cc2C1=O. The van der Waals surface area contributed by atoms with Crippen LogP contribution in [0.3, 0.4) is 0 Å². The number of fused-ring (bicyclic) bond motifs is 1. The van der Waals surface area contributed by atoms with Crippen LogP contribution < -0.4 is 5.32 Å². The number of aromatic nitrogens is 2. The van der Waals surface area contributed by atoms with Crippen molar-refractivity contribution >= 4 is 29.4 Å². The third-order valence-electron chi connectivity index (χ3n) is 5.80. The molecule has 8 nitrogen and oxygen atoms in total. The monoisotopic (exact) mass is 490 g/mol. The molecule has 1 N–H and O–H groups in total. The second-order valence-corrected chi connectivity index (χ2v) is 9.96. The Labute approximate surface area is 202 Å². The van der Waals surface area contributed by atoms with Crippen molar-refractivity contribution in [2.75, 3.05) is 18.5 Å². The molecule has 1 amide bonds. The fraction of sp³-hybridized carbons (Fsp3) is 0.500. The fourth-order valence-electron chi connectivity index (χ4n) is 4.01. The highest BCUT2D eigenvalue weighted by molar-refractivity contribution is 6.33. The van der Waals surface area contributed by atoms with E-state index in [0.29, 0.717) is 30.4 Å². The van der Waals surface area contributed by atoms with Gasteiger partial charge in [0.2, 0.25) is 5.95 Å². The fourth-order valence-corrected chi connectivity index (χ4v) is 4.21. The van der Waals surface area contributed by atoms with E-state index in [1.165, 1.54) is 17.2 Å². The summed E-state index contributed by atoms with van der Waals surface area (Å²) in [5.41, 5.74) is 0.395. The van der Waals surface area contributed by atoms with E-state index in [-0.39, 0.29) is 28.7 Å². The summed E-state index contributed by atoms with van der Waals surface area (Å²) in [5, 5.41) is 3.50. The summed E-state index contributed by atoms with van der Waals surface area (Å²) in [5.74, 6) is -1.18. The van der Waals surface area contributed by atoms with Crippen molar-refractivity contribution in [2.45, 2.75) is 64.8 Å². The van der Waals surface area contributed by atoms with Crippen molar-refractivity contribution in [1.82, 2.24) is 14.9 Å². The molecule has 10 heteroatoms. The summed E-state index contributed by atoms with van der Waals surface area (Å²) < 4.78 is 25.9. The minimum Gasteiger partial charge on any atom is -0.458 e. The van der Waals surface area contributed by atoms with Crippen molar-refractivity contribution < 1.29 is 23.5 Å². The standard InChI is InChI=1S/C24H28ClFN4O4/c1-13(22(32)34-24(2,3)4)30-12-17-16(21(30)31)9-14(10-19(17)26)20-18(25)11-27-23(29-20)28-15-5-7-33-8-6-15/h9-11,13,15H,5-8,12H2,1-4H3,(H,27,28,29). The number of amides is 1. The van der Waals surface area contributed by atoms with Gasteiger partial charge in [0, 0.05) is 35.9 Å². The van der Waals surface area contributed by atoms with E-state index >= 15 is 4.39 Å². The van der Waals surface area contributed by atoms with Gasteiger partial charge < -0.3 is 19.7 Å². The molecule has 2 aliphatic heterocycles. The first-order valence-electron chi connectivity index (χ1n) is 11.3. The summed E-state index contributed by atoms with van der Waals surface area (Å²) in [6.45, 7) is 8.13. The number of anilines is 1. The molecular formula is C24H28ClFN4O4. The van der Waals surface area contributed by atoms with Gasteiger partial charge in [0.15, 0.2) is 0 Å². The first-order chi connectivity index (χ1) is 16.0. The Balaban J connectivity index is 1.60. The number of nitrogens with zero attached hydrogens (tertiary/aromatic N) is 3. The average Bonchev–Trinajstić information content (AvgIpc) is 3.11. The maximum absolute atomic E-state index is 15.1. The van der Waals surface area contributed by atoms with Crippen molar-refractivity contribution in [1.29, 1.82) is 0 Å². The molecule has 0 saturated carbocycles. The number of hydrogen-bond acceptors (Lipinski definition) is 7. The molecule has 0 aliphatic carbocycles. The molecule has 2 aromatic rings. The van der Waals surface area contributed by atoms with Gasteiger partial charge in [0.05, 0.1) is 23.5 Å². The normalized spacial score (nSPS) is 17.5. The number of rotatable bonds is 5. The van der Waals surface area contributed by atoms with Gasteiger partial charge in [-0.2, -0.15) is 0 Å². The molecule has 1 saturated heterocycles. The van der Waals surface area contributed by atoms with Crippen LogP contribution in [-0.2, 0) is 20.8 Å². The zero-order chi connectivity index (χ0) is 24.6. The van der Waals surface area contributed by atoms with Gasteiger partial charge in [0.1, 0.15) is 17.5 Å². The van der Waals surface area contributed by atoms with Gasteiger partial charge >= 0.3 is 5.97 Å². The van der Waals surface area contributed by atoms with E-state index in [9.17, 15) is 9.59 Å². The van der Waals surface area contributed by atoms with Crippen LogP contribution in [0.1, 0.15) is 56.5 Å². The Bertz CT molecular complexity index is 1110. The van der Waals surface area contributed by atoms with Gasteiger partial charge in [-0.05, 0) is 52.7 Å². The van der Waals surface area contributed by atoms with E-state index < -0.39 is 29.3 Å². The van der Waals surface area contributed by atoms with E-state index in [2.05, 4.69) is 15.3 Å². The van der Waals surface area contributed by atoms with Crippen LogP contribution in [0, 0.1) is 5.82 Å². The molecule has 0 bridgehead atoms. The second kappa shape index (κ2) is 9.46. The van der Waals surface area contributed by atoms with E-state index in [1.807, 2.05) is 0 Å². The maximum Gasteiger partial charge on any atom is 0.329 e. The quantitative estimate of drug-likeness (QED) is 0.627. The van der Waals surface area contributed by atoms with Gasteiger partial charge in [-0.3, -0.25) is 4.79 Å². The molecule has 4 rings (SSSR count). The summed E-state index contributed by atoms with van der Waals surface area (Å²) in [4.78, 5) is 35.7. The number of carbonyl (C=O) groups is 2. The van der Waals surface area contributed by atoms with Crippen molar-refractivity contribution in [2.24, 2.45) is 0 Å². The number of nitrogens with one attached hydrogen (secondary N) is 1. The summed E-state index contributed by atoms with van der Waals surface area (Å²) >= 11 is 6.34. The Morgan fingerprint density at radius 1 is 1.32 bits per heavy atom. The van der Waals surface area contributed by atoms with Crippen molar-refractivity contribution in [3.05, 3.63) is 40.3 Å². The minimum absolute atomic E-state index is 0.0191. The lowest BCUT2D eigenvalue weighted by atomic mass is 10.0. The number of halogens is 2. The average molecular weight is 491 g/mol. The highest BCUT2D eigenvalue weighted by Crippen LogP contribution is 2.34. The van der Waals surface area contributed by atoms with Crippen LogP contribution in [0.25, 0.3) is 11.3 Å². The lowest BCUT2D eigenvalue weighted by Gasteiger charge is -2.27. The highest BCUT2D eigenvalue weighted by Gasteiger charge is 2.38. The van der Waals surface area contributed by atoms with E-state index in [1.54, 1.807) is 33.8 Å². The van der Waals surface area contributed by atoms with Gasteiger partial charge in [-0.1, -0.05) is 11.6 Å². The molecule has 1 unspecified atom stereocenters. The number of esters is 1. The lowest BCUT2D eigenvalue weighted by molar-refractivity contribution is -0.159. The van der Waals surface area contributed by atoms with Crippen LogP contribution in [0.5, 0.6) is 0 Å². The summed E-state index contributed by atoms with van der Waals surface area (Å²) in [6, 6.07) is 2.18. The number of carbonyl (C=O) groups excluding carboxylic acids is 2. The van der Waals surface area contributed by atoms with Crippen LogP contribution >= 0.6 is 11.6 Å². The molecular weight excluding hydrogens is 463 g/mol. The molecule has 1 atom stereocenters. The summed E-state index contributed by atoms with van der Waals surface area (Å²) in [6.07, 6.45) is 3.11. The topological polar surface area (TPSA) is 93.7 Å². The lowest BCUT2D eigenvalue weighted by Crippen LogP contribution is -2.42. The van der Waals surface area contributed by atoms with Crippen LogP contribution in [0.4, 0.5) is 10.3 Å². The van der Waals surface area contributed by atoms with Crippen LogP contribution in [-0.4, -0.2) is 57.6 Å². The van der Waals surface area contributed by atoms with E-state index in [0.717, 1.165) is 12.8 Å². The zero-order valence-corrected chi connectivity index (χ0v) is 20.4. The minimum atomic E-state index is -0.861. The zero-order valence-electron chi connectivity index (χ0n) is 19.7. The van der Waals surface area contributed by atoms with Gasteiger partial charge in [-0.25, -0.2) is 19.2 Å². The number of hydrogen-bond donors (Lipinski definition) is 1. The third kappa shape index (κ3) is 5.15. The maximum atomic E-state index is 15.1. The van der Waals surface area contributed by atoms with Crippen LogP contribution in [0.2, 0.25) is 5.02 Å². The molecule has 1 fully saturated rings. The molecule has 34 heavy (non-hydrogen) atoms. The van der Waals surface area contributed by atoms with Gasteiger partial charge in [-0.15, -0.1) is 0 Å². The van der Waals surface area contributed by atoms with E-state index in [4.69, 9.17) is 21.1 Å². The second-order valence-electron chi connectivity index (χ2n) is 9.55. The Morgan fingerprint density at radius 3 is 2.71 bits per heavy atom. The molecule has 3 heterocycles. The predicted molar refractivity (Wildman–Crippen MR) is 125 cm³/mol. The highest BCUT2D eigenvalue weighted by atomic mass is 35.5. The smallest absolute Gasteiger partial charge is 0.329 e. The Hall–Kier alpha value is -2.78. The predicted octanol–water partition coefficient (Wildman–Crippen LogP) is 4.21. The van der Waals surface area contributed by atoms with Gasteiger partial charge in [0.25, 0.3) is 5.91 Å². The number of benzene rings is 1. The molecule has 2 aliphatic rings. The molecule has 0 radical (unpaired) electrons. The molecule has 0 spiro atoms. The molecule has 1 aromatic carbocycles. The van der Waals surface area contributed by atoms with Crippen LogP contribution in [0.15, 0.2) is 18.3 Å². The first kappa shape index (κ1) is 24.3. The Morgan fingerprint density at radius 2 is 2.03 bits per heavy atom. The molecule has 182 valence electrons. The molecule has 1 aromatic heterocycles. The van der Waals surface area contributed by atoms with Crippen molar-refractivity contribution in [3.63, 3.8) is 0 Å². The third-order valence-corrected chi connectivity index (χ3v) is 6.08. The summed E-state index contributed by atoms with van der Waals surface area (Å²) in [7, 11) is 0. The van der Waals surface area contributed by atoms with Crippen molar-refractivity contribution in [3.8, 4) is 11.3 Å². The Kier molecular flexibility index (Phi) is 6.78. The first-order valence-corrected chi connectivity index (χ1v) is 11.6.